The van der Waals surface area contributed by atoms with Gasteiger partial charge in [0, 0.05) is 43.9 Å². The van der Waals surface area contributed by atoms with E-state index in [2.05, 4.69) is 31.8 Å². The molecule has 1 aromatic carbocycles. The molecule has 1 fully saturated rings. The van der Waals surface area contributed by atoms with Crippen molar-refractivity contribution in [1.29, 1.82) is 0 Å². The molecule has 7 nitrogen and oxygen atoms in total. The van der Waals surface area contributed by atoms with Crippen molar-refractivity contribution in [1.82, 2.24) is 24.6 Å². The number of hydrogen-bond acceptors (Lipinski definition) is 5. The van der Waals surface area contributed by atoms with Gasteiger partial charge in [-0.3, -0.25) is 14.4 Å². The van der Waals surface area contributed by atoms with E-state index in [1.165, 1.54) is 45.0 Å². The first-order valence-electron chi connectivity index (χ1n) is 12.0. The Morgan fingerprint density at radius 2 is 1.85 bits per heavy atom. The molecule has 34 heavy (non-hydrogen) atoms. The molecule has 2 aromatic heterocycles. The zero-order chi connectivity index (χ0) is 23.7. The number of piperidine rings is 1. The monoisotopic (exact) mass is 462 g/mol. The SMILES string of the molecule is CC(=O)Nc1cc(-c2c(-c3ccc(F)cc3)nn3c2CN(CC2CCN(C)CC2)CC3)ccn1. The molecule has 2 aliphatic rings. The third kappa shape index (κ3) is 4.88. The third-order valence-electron chi connectivity index (χ3n) is 6.88. The normalized spacial score (nSPS) is 17.5. The second-order valence-corrected chi connectivity index (χ2v) is 9.49. The van der Waals surface area contributed by atoms with E-state index in [1.54, 1.807) is 18.3 Å². The average Bonchev–Trinajstić information content (AvgIpc) is 3.19. The number of nitrogens with zero attached hydrogens (tertiary/aromatic N) is 5. The summed E-state index contributed by atoms with van der Waals surface area (Å²) < 4.78 is 15.7. The highest BCUT2D eigenvalue weighted by atomic mass is 19.1. The highest BCUT2D eigenvalue weighted by Crippen LogP contribution is 2.37. The molecule has 3 aromatic rings. The van der Waals surface area contributed by atoms with Crippen LogP contribution in [0.25, 0.3) is 22.4 Å². The van der Waals surface area contributed by atoms with Crippen molar-refractivity contribution >= 4 is 11.7 Å². The maximum Gasteiger partial charge on any atom is 0.222 e. The van der Waals surface area contributed by atoms with Gasteiger partial charge in [-0.2, -0.15) is 5.10 Å². The maximum absolute atomic E-state index is 13.6. The number of benzene rings is 1. The van der Waals surface area contributed by atoms with Crippen molar-refractivity contribution in [2.24, 2.45) is 5.92 Å². The first kappa shape index (κ1) is 22.7. The average molecular weight is 463 g/mol. The molecule has 0 unspecified atom stereocenters. The molecule has 1 saturated heterocycles. The summed E-state index contributed by atoms with van der Waals surface area (Å²) in [6.07, 6.45) is 4.19. The third-order valence-corrected chi connectivity index (χ3v) is 6.88. The van der Waals surface area contributed by atoms with Gasteiger partial charge in [0.2, 0.25) is 5.91 Å². The lowest BCUT2D eigenvalue weighted by Gasteiger charge is -2.35. The van der Waals surface area contributed by atoms with Crippen LogP contribution >= 0.6 is 0 Å². The molecule has 0 spiro atoms. The lowest BCUT2D eigenvalue weighted by molar-refractivity contribution is -0.114. The zero-order valence-electron chi connectivity index (χ0n) is 19.8. The Kier molecular flexibility index (Phi) is 6.43. The molecule has 1 amide bonds. The number of anilines is 1. The molecule has 5 rings (SSSR count). The summed E-state index contributed by atoms with van der Waals surface area (Å²) in [5, 5.41) is 7.74. The number of fused-ring (bicyclic) bond motifs is 1. The Morgan fingerprint density at radius 1 is 1.09 bits per heavy atom. The van der Waals surface area contributed by atoms with Crippen LogP contribution in [-0.4, -0.2) is 63.7 Å². The second kappa shape index (κ2) is 9.64. The van der Waals surface area contributed by atoms with Crippen molar-refractivity contribution in [2.45, 2.75) is 32.9 Å². The van der Waals surface area contributed by atoms with Gasteiger partial charge in [0.05, 0.1) is 12.2 Å². The van der Waals surface area contributed by atoms with Gasteiger partial charge in [0.25, 0.3) is 0 Å². The fourth-order valence-corrected chi connectivity index (χ4v) is 5.08. The van der Waals surface area contributed by atoms with Gasteiger partial charge in [0.15, 0.2) is 0 Å². The molecular formula is C26H31FN6O. The van der Waals surface area contributed by atoms with Crippen LogP contribution in [-0.2, 0) is 17.9 Å². The molecule has 0 atom stereocenters. The number of hydrogen-bond donors (Lipinski definition) is 1. The van der Waals surface area contributed by atoms with Gasteiger partial charge >= 0.3 is 0 Å². The predicted molar refractivity (Wildman–Crippen MR) is 131 cm³/mol. The lowest BCUT2D eigenvalue weighted by atomic mass is 9.95. The molecule has 178 valence electrons. The summed E-state index contributed by atoms with van der Waals surface area (Å²) in [6, 6.07) is 10.3. The van der Waals surface area contributed by atoms with E-state index in [0.29, 0.717) is 5.82 Å². The summed E-state index contributed by atoms with van der Waals surface area (Å²) >= 11 is 0. The number of halogens is 1. The van der Waals surface area contributed by atoms with Gasteiger partial charge in [0.1, 0.15) is 17.3 Å². The molecule has 2 aliphatic heterocycles. The Hall–Kier alpha value is -3.10. The molecule has 0 saturated carbocycles. The van der Waals surface area contributed by atoms with E-state index in [-0.39, 0.29) is 11.7 Å². The fraction of sp³-hybridized carbons (Fsp3) is 0.423. The number of carbonyl (C=O) groups excluding carboxylic acids is 1. The Labute approximate surface area is 199 Å². The number of aromatic nitrogens is 3. The molecule has 1 N–H and O–H groups in total. The van der Waals surface area contributed by atoms with Gasteiger partial charge in [-0.15, -0.1) is 0 Å². The maximum atomic E-state index is 13.6. The van der Waals surface area contributed by atoms with Crippen LogP contribution in [0.5, 0.6) is 0 Å². The van der Waals surface area contributed by atoms with Crippen LogP contribution in [0.3, 0.4) is 0 Å². The summed E-state index contributed by atoms with van der Waals surface area (Å²) in [7, 11) is 2.20. The highest BCUT2D eigenvalue weighted by Gasteiger charge is 2.28. The largest absolute Gasteiger partial charge is 0.311 e. The van der Waals surface area contributed by atoms with Crippen LogP contribution in [0.1, 0.15) is 25.5 Å². The molecule has 0 aliphatic carbocycles. The van der Waals surface area contributed by atoms with Crippen molar-refractivity contribution < 1.29 is 9.18 Å². The number of carbonyl (C=O) groups is 1. The van der Waals surface area contributed by atoms with Crippen LogP contribution in [0.15, 0.2) is 42.6 Å². The summed E-state index contributed by atoms with van der Waals surface area (Å²) in [5.74, 6) is 0.798. The summed E-state index contributed by atoms with van der Waals surface area (Å²) in [5.41, 5.74) is 4.82. The van der Waals surface area contributed by atoms with E-state index in [9.17, 15) is 9.18 Å². The van der Waals surface area contributed by atoms with E-state index in [0.717, 1.165) is 60.2 Å². The summed E-state index contributed by atoms with van der Waals surface area (Å²) in [4.78, 5) is 20.8. The second-order valence-electron chi connectivity index (χ2n) is 9.49. The van der Waals surface area contributed by atoms with Gasteiger partial charge in [-0.25, -0.2) is 9.37 Å². The van der Waals surface area contributed by atoms with Crippen LogP contribution < -0.4 is 5.32 Å². The van der Waals surface area contributed by atoms with Crippen LogP contribution in [0.2, 0.25) is 0 Å². The Morgan fingerprint density at radius 3 is 2.59 bits per heavy atom. The van der Waals surface area contributed by atoms with E-state index in [1.807, 2.05) is 12.1 Å². The van der Waals surface area contributed by atoms with E-state index < -0.39 is 0 Å². The number of likely N-dealkylation sites (tertiary alicyclic amines) is 1. The van der Waals surface area contributed by atoms with Gasteiger partial charge in [-0.05, 0) is 80.9 Å². The quantitative estimate of drug-likeness (QED) is 0.624. The summed E-state index contributed by atoms with van der Waals surface area (Å²) in [6.45, 7) is 7.50. The Balaban J connectivity index is 1.51. The van der Waals surface area contributed by atoms with Crippen molar-refractivity contribution in [2.75, 3.05) is 38.5 Å². The van der Waals surface area contributed by atoms with E-state index >= 15 is 0 Å². The van der Waals surface area contributed by atoms with Crippen molar-refractivity contribution in [3.63, 3.8) is 0 Å². The predicted octanol–water partition coefficient (Wildman–Crippen LogP) is 3.87. The number of rotatable bonds is 5. The van der Waals surface area contributed by atoms with Gasteiger partial charge < -0.3 is 10.2 Å². The van der Waals surface area contributed by atoms with Crippen LogP contribution in [0, 0.1) is 11.7 Å². The topological polar surface area (TPSA) is 66.3 Å². The number of nitrogens with one attached hydrogen (secondary N) is 1. The first-order chi connectivity index (χ1) is 16.5. The van der Waals surface area contributed by atoms with Crippen molar-refractivity contribution in [3.05, 3.63) is 54.1 Å². The number of amides is 1. The first-order valence-corrected chi connectivity index (χ1v) is 12.0. The van der Waals surface area contributed by atoms with Crippen LogP contribution in [0.4, 0.5) is 10.2 Å². The standard InChI is InChI=1S/C26H31FN6O/c1-18(34)29-24-15-21(7-10-28-24)25-23-17-32(16-19-8-11-31(2)12-9-19)13-14-33(23)30-26(25)20-3-5-22(27)6-4-20/h3-7,10,15,19H,8-9,11-14,16-17H2,1-2H3,(H,28,29,34). The number of pyridine rings is 1. The van der Waals surface area contributed by atoms with Gasteiger partial charge in [-0.1, -0.05) is 0 Å². The minimum absolute atomic E-state index is 0.162. The molecular weight excluding hydrogens is 431 g/mol. The smallest absolute Gasteiger partial charge is 0.222 e. The molecule has 4 heterocycles. The van der Waals surface area contributed by atoms with E-state index in [4.69, 9.17) is 5.10 Å². The van der Waals surface area contributed by atoms with Crippen molar-refractivity contribution in [3.8, 4) is 22.4 Å². The fourth-order valence-electron chi connectivity index (χ4n) is 5.08. The molecule has 8 heteroatoms. The Bertz CT molecular complexity index is 1170. The highest BCUT2D eigenvalue weighted by molar-refractivity contribution is 5.89. The zero-order valence-corrected chi connectivity index (χ0v) is 19.8. The molecule has 0 bridgehead atoms. The lowest BCUT2D eigenvalue weighted by Crippen LogP contribution is -2.40. The minimum atomic E-state index is -0.268. The minimum Gasteiger partial charge on any atom is -0.311 e. The molecule has 0 radical (unpaired) electrons.